The van der Waals surface area contributed by atoms with Crippen LogP contribution in [-0.4, -0.2) is 9.55 Å². The quantitative estimate of drug-likeness (QED) is 0.688. The number of ether oxygens (including phenoxy) is 1. The molecule has 0 bridgehead atoms. The van der Waals surface area contributed by atoms with Crippen molar-refractivity contribution in [2.45, 2.75) is 26.5 Å². The van der Waals surface area contributed by atoms with E-state index in [4.69, 9.17) is 16.3 Å². The standard InChI is InChI=1S/C17H17ClN2O/c1-12(2)20-16-10-13(18)8-9-15(16)19-17(20)11-21-14-6-4-3-5-7-14/h3-10,12H,11H2,1-2H3. The number of aromatic nitrogens is 2. The zero-order chi connectivity index (χ0) is 14.8. The predicted octanol–water partition coefficient (Wildman–Crippen LogP) is 4.85. The van der Waals surface area contributed by atoms with Gasteiger partial charge in [0.1, 0.15) is 18.2 Å². The lowest BCUT2D eigenvalue weighted by molar-refractivity contribution is 0.287. The van der Waals surface area contributed by atoms with Gasteiger partial charge in [0.25, 0.3) is 0 Å². The smallest absolute Gasteiger partial charge is 0.148 e. The molecule has 1 heterocycles. The fourth-order valence-corrected chi connectivity index (χ4v) is 2.63. The Morgan fingerprint density at radius 1 is 1.14 bits per heavy atom. The zero-order valence-electron chi connectivity index (χ0n) is 12.1. The first kappa shape index (κ1) is 14.0. The highest BCUT2D eigenvalue weighted by molar-refractivity contribution is 6.31. The highest BCUT2D eigenvalue weighted by Gasteiger charge is 2.14. The lowest BCUT2D eigenvalue weighted by Gasteiger charge is -2.13. The van der Waals surface area contributed by atoms with Crippen molar-refractivity contribution in [3.8, 4) is 5.75 Å². The summed E-state index contributed by atoms with van der Waals surface area (Å²) < 4.78 is 8.00. The first-order chi connectivity index (χ1) is 10.1. The molecule has 0 spiro atoms. The SMILES string of the molecule is CC(C)n1c(COc2ccccc2)nc2ccc(Cl)cc21. The lowest BCUT2D eigenvalue weighted by atomic mass is 10.3. The molecule has 0 aliphatic heterocycles. The minimum Gasteiger partial charge on any atom is -0.486 e. The molecule has 3 rings (SSSR count). The molecule has 0 saturated heterocycles. The fourth-order valence-electron chi connectivity index (χ4n) is 2.46. The van der Waals surface area contributed by atoms with E-state index in [2.05, 4.69) is 23.4 Å². The van der Waals surface area contributed by atoms with Crippen LogP contribution in [0.25, 0.3) is 11.0 Å². The van der Waals surface area contributed by atoms with E-state index in [-0.39, 0.29) is 0 Å². The predicted molar refractivity (Wildman–Crippen MR) is 85.9 cm³/mol. The van der Waals surface area contributed by atoms with Crippen LogP contribution >= 0.6 is 11.6 Å². The summed E-state index contributed by atoms with van der Waals surface area (Å²) in [5.41, 5.74) is 1.99. The average molecular weight is 301 g/mol. The van der Waals surface area contributed by atoms with Crippen molar-refractivity contribution in [2.75, 3.05) is 0 Å². The van der Waals surface area contributed by atoms with E-state index in [0.717, 1.165) is 27.6 Å². The number of rotatable bonds is 4. The molecule has 0 unspecified atom stereocenters. The average Bonchev–Trinajstić information content (AvgIpc) is 2.84. The molecule has 0 saturated carbocycles. The van der Waals surface area contributed by atoms with Gasteiger partial charge in [0, 0.05) is 11.1 Å². The van der Waals surface area contributed by atoms with Crippen LogP contribution in [0.5, 0.6) is 5.75 Å². The topological polar surface area (TPSA) is 27.1 Å². The second-order valence-electron chi connectivity index (χ2n) is 5.23. The van der Waals surface area contributed by atoms with Gasteiger partial charge in [-0.15, -0.1) is 0 Å². The molecule has 2 aromatic carbocycles. The Kier molecular flexibility index (Phi) is 3.84. The summed E-state index contributed by atoms with van der Waals surface area (Å²) in [6, 6.07) is 15.8. The van der Waals surface area contributed by atoms with Crippen LogP contribution in [0.3, 0.4) is 0 Å². The molecule has 0 atom stereocenters. The third-order valence-electron chi connectivity index (χ3n) is 3.35. The number of halogens is 1. The van der Waals surface area contributed by atoms with Crippen molar-refractivity contribution in [3.05, 3.63) is 59.4 Å². The number of para-hydroxylation sites is 1. The maximum Gasteiger partial charge on any atom is 0.148 e. The molecular weight excluding hydrogens is 284 g/mol. The summed E-state index contributed by atoms with van der Waals surface area (Å²) in [7, 11) is 0. The third-order valence-corrected chi connectivity index (χ3v) is 3.59. The van der Waals surface area contributed by atoms with Gasteiger partial charge in [0.05, 0.1) is 11.0 Å². The van der Waals surface area contributed by atoms with Crippen LogP contribution in [0, 0.1) is 0 Å². The molecule has 0 aliphatic rings. The van der Waals surface area contributed by atoms with E-state index >= 15 is 0 Å². The van der Waals surface area contributed by atoms with E-state index in [0.29, 0.717) is 12.6 Å². The number of fused-ring (bicyclic) bond motifs is 1. The van der Waals surface area contributed by atoms with Gasteiger partial charge < -0.3 is 9.30 Å². The van der Waals surface area contributed by atoms with Gasteiger partial charge in [0.2, 0.25) is 0 Å². The minimum atomic E-state index is 0.294. The molecule has 0 fully saturated rings. The monoisotopic (exact) mass is 300 g/mol. The normalized spacial score (nSPS) is 11.2. The van der Waals surface area contributed by atoms with Crippen LogP contribution in [0.4, 0.5) is 0 Å². The van der Waals surface area contributed by atoms with Gasteiger partial charge in [-0.1, -0.05) is 29.8 Å². The second-order valence-corrected chi connectivity index (χ2v) is 5.66. The van der Waals surface area contributed by atoms with Gasteiger partial charge in [-0.25, -0.2) is 4.98 Å². The maximum absolute atomic E-state index is 6.11. The molecule has 0 amide bonds. The molecule has 0 N–H and O–H groups in total. The first-order valence-electron chi connectivity index (χ1n) is 6.99. The van der Waals surface area contributed by atoms with Crippen molar-refractivity contribution >= 4 is 22.6 Å². The van der Waals surface area contributed by atoms with E-state index in [1.165, 1.54) is 0 Å². The number of hydrogen-bond donors (Lipinski definition) is 0. The molecule has 1 aromatic heterocycles. The Bertz CT molecular complexity index is 750. The zero-order valence-corrected chi connectivity index (χ0v) is 12.8. The van der Waals surface area contributed by atoms with Crippen LogP contribution < -0.4 is 4.74 Å². The summed E-state index contributed by atoms with van der Waals surface area (Å²) in [5, 5.41) is 0.722. The van der Waals surface area contributed by atoms with Crippen molar-refractivity contribution in [3.63, 3.8) is 0 Å². The Morgan fingerprint density at radius 3 is 2.62 bits per heavy atom. The Balaban J connectivity index is 1.96. The van der Waals surface area contributed by atoms with E-state index in [9.17, 15) is 0 Å². The highest BCUT2D eigenvalue weighted by Crippen LogP contribution is 2.25. The van der Waals surface area contributed by atoms with Crippen LogP contribution in [-0.2, 0) is 6.61 Å². The van der Waals surface area contributed by atoms with Gasteiger partial charge in [-0.05, 0) is 44.2 Å². The molecule has 3 nitrogen and oxygen atoms in total. The van der Waals surface area contributed by atoms with Crippen molar-refractivity contribution < 1.29 is 4.74 Å². The van der Waals surface area contributed by atoms with Crippen molar-refractivity contribution in [1.29, 1.82) is 0 Å². The van der Waals surface area contributed by atoms with Gasteiger partial charge in [-0.2, -0.15) is 0 Å². The van der Waals surface area contributed by atoms with Gasteiger partial charge >= 0.3 is 0 Å². The summed E-state index contributed by atoms with van der Waals surface area (Å²) in [6.45, 7) is 4.70. The van der Waals surface area contributed by atoms with Gasteiger partial charge in [0.15, 0.2) is 0 Å². The summed E-state index contributed by atoms with van der Waals surface area (Å²) in [5.74, 6) is 1.75. The molecule has 3 aromatic rings. The van der Waals surface area contributed by atoms with Crippen molar-refractivity contribution in [1.82, 2.24) is 9.55 Å². The fraction of sp³-hybridized carbons (Fsp3) is 0.235. The number of nitrogens with zero attached hydrogens (tertiary/aromatic N) is 2. The number of imidazole rings is 1. The second kappa shape index (κ2) is 5.78. The minimum absolute atomic E-state index is 0.294. The largest absolute Gasteiger partial charge is 0.486 e. The van der Waals surface area contributed by atoms with Crippen LogP contribution in [0.15, 0.2) is 48.5 Å². The maximum atomic E-state index is 6.11. The number of hydrogen-bond acceptors (Lipinski definition) is 2. The Morgan fingerprint density at radius 2 is 1.90 bits per heavy atom. The summed E-state index contributed by atoms with van der Waals surface area (Å²) in [4.78, 5) is 4.67. The van der Waals surface area contributed by atoms with Crippen LogP contribution in [0.1, 0.15) is 25.7 Å². The third kappa shape index (κ3) is 2.88. The molecule has 0 aliphatic carbocycles. The molecule has 4 heteroatoms. The molecule has 21 heavy (non-hydrogen) atoms. The first-order valence-corrected chi connectivity index (χ1v) is 7.37. The van der Waals surface area contributed by atoms with Crippen molar-refractivity contribution in [2.24, 2.45) is 0 Å². The number of benzene rings is 2. The lowest BCUT2D eigenvalue weighted by Crippen LogP contribution is -2.09. The van der Waals surface area contributed by atoms with E-state index in [1.54, 1.807) is 0 Å². The van der Waals surface area contributed by atoms with E-state index in [1.807, 2.05) is 48.5 Å². The van der Waals surface area contributed by atoms with Gasteiger partial charge in [-0.3, -0.25) is 0 Å². The van der Waals surface area contributed by atoms with E-state index < -0.39 is 0 Å². The summed E-state index contributed by atoms with van der Waals surface area (Å²) >= 11 is 6.11. The highest BCUT2D eigenvalue weighted by atomic mass is 35.5. The molecule has 108 valence electrons. The molecular formula is C17H17ClN2O. The Labute approximate surface area is 129 Å². The summed E-state index contributed by atoms with van der Waals surface area (Å²) in [6.07, 6.45) is 0. The van der Waals surface area contributed by atoms with Crippen LogP contribution in [0.2, 0.25) is 5.02 Å². The Hall–Kier alpha value is -2.00. The molecule has 0 radical (unpaired) electrons.